The first kappa shape index (κ1) is 12.0. The normalized spacial score (nSPS) is 14.4. The molecule has 1 amide bonds. The van der Waals surface area contributed by atoms with Crippen molar-refractivity contribution in [1.82, 2.24) is 0 Å². The molecule has 0 atom stereocenters. The van der Waals surface area contributed by atoms with E-state index in [-0.39, 0.29) is 5.91 Å². The second-order valence-corrected chi connectivity index (χ2v) is 4.77. The second kappa shape index (κ2) is 5.21. The molecule has 1 aliphatic heterocycles. The van der Waals surface area contributed by atoms with Crippen molar-refractivity contribution in [2.75, 3.05) is 17.2 Å². The Morgan fingerprint density at radius 1 is 1.53 bits per heavy atom. The summed E-state index contributed by atoms with van der Waals surface area (Å²) in [4.78, 5) is 14.6. The van der Waals surface area contributed by atoms with Crippen LogP contribution in [-0.4, -0.2) is 18.2 Å². The van der Waals surface area contributed by atoms with Gasteiger partial charge in [0.1, 0.15) is 0 Å². The Balaban J connectivity index is 2.35. The molecule has 5 heteroatoms. The van der Waals surface area contributed by atoms with Gasteiger partial charge in [0.05, 0.1) is 23.9 Å². The number of hydrogen-bond donors (Lipinski definition) is 1. The first-order valence-corrected chi connectivity index (χ1v) is 6.38. The number of carbonyl (C=O) groups excluding carboxylic acids is 1. The molecule has 0 aromatic heterocycles. The molecule has 1 aromatic rings. The summed E-state index contributed by atoms with van der Waals surface area (Å²) in [5.41, 5.74) is 7.49. The van der Waals surface area contributed by atoms with Gasteiger partial charge in [-0.1, -0.05) is 6.07 Å². The summed E-state index contributed by atoms with van der Waals surface area (Å²) in [6, 6.07) is 7.98. The summed E-state index contributed by atoms with van der Waals surface area (Å²) >= 11 is 1.54. The molecule has 2 N–H and O–H groups in total. The van der Waals surface area contributed by atoms with Gasteiger partial charge in [0.2, 0.25) is 5.91 Å². The molecule has 0 saturated carbocycles. The molecule has 4 nitrogen and oxygen atoms in total. The zero-order chi connectivity index (χ0) is 12.3. The predicted molar refractivity (Wildman–Crippen MR) is 67.6 cm³/mol. The highest BCUT2D eigenvalue weighted by atomic mass is 32.2. The van der Waals surface area contributed by atoms with E-state index in [9.17, 15) is 4.79 Å². The van der Waals surface area contributed by atoms with Gasteiger partial charge in [0.25, 0.3) is 0 Å². The van der Waals surface area contributed by atoms with Gasteiger partial charge >= 0.3 is 0 Å². The van der Waals surface area contributed by atoms with Gasteiger partial charge in [-0.15, -0.1) is 11.8 Å². The zero-order valence-corrected chi connectivity index (χ0v) is 10.2. The van der Waals surface area contributed by atoms with E-state index in [1.165, 1.54) is 11.8 Å². The van der Waals surface area contributed by atoms with Gasteiger partial charge in [-0.2, -0.15) is 5.26 Å². The number of amides is 1. The highest BCUT2D eigenvalue weighted by molar-refractivity contribution is 8.00. The molecule has 0 bridgehead atoms. The van der Waals surface area contributed by atoms with Crippen molar-refractivity contribution in [3.05, 3.63) is 23.8 Å². The van der Waals surface area contributed by atoms with Crippen molar-refractivity contribution in [2.24, 2.45) is 5.73 Å². The zero-order valence-electron chi connectivity index (χ0n) is 9.35. The average Bonchev–Trinajstić information content (AvgIpc) is 2.37. The highest BCUT2D eigenvalue weighted by Gasteiger charge is 2.24. The third-order valence-electron chi connectivity index (χ3n) is 2.65. The van der Waals surface area contributed by atoms with Crippen LogP contribution in [0.25, 0.3) is 0 Å². The highest BCUT2D eigenvalue weighted by Crippen LogP contribution is 2.35. The molecule has 2 rings (SSSR count). The number of nitriles is 1. The quantitative estimate of drug-likeness (QED) is 0.878. The summed E-state index contributed by atoms with van der Waals surface area (Å²) in [7, 11) is 0. The Morgan fingerprint density at radius 2 is 2.35 bits per heavy atom. The Bertz CT molecular complexity index is 481. The molecule has 0 spiro atoms. The largest absolute Gasteiger partial charge is 0.326 e. The first-order chi connectivity index (χ1) is 8.26. The molecular formula is C12H13N3OS. The number of thioether (sulfide) groups is 1. The Kier molecular flexibility index (Phi) is 3.67. The fourth-order valence-electron chi connectivity index (χ4n) is 1.78. The third kappa shape index (κ3) is 2.43. The molecule has 0 unspecified atom stereocenters. The predicted octanol–water partition coefficient (Wildman–Crippen LogP) is 1.50. The molecule has 1 aliphatic rings. The number of anilines is 1. The third-order valence-corrected chi connectivity index (χ3v) is 3.70. The summed E-state index contributed by atoms with van der Waals surface area (Å²) in [6.45, 7) is 0.912. The summed E-state index contributed by atoms with van der Waals surface area (Å²) in [5.74, 6) is 0.507. The van der Waals surface area contributed by atoms with Crippen LogP contribution in [0.5, 0.6) is 0 Å². The lowest BCUT2D eigenvalue weighted by atomic mass is 10.1. The number of fused-ring (bicyclic) bond motifs is 1. The van der Waals surface area contributed by atoms with Crippen LogP contribution >= 0.6 is 11.8 Å². The van der Waals surface area contributed by atoms with E-state index in [2.05, 4.69) is 6.07 Å². The first-order valence-electron chi connectivity index (χ1n) is 5.39. The summed E-state index contributed by atoms with van der Waals surface area (Å²) in [5, 5.41) is 8.62. The van der Waals surface area contributed by atoms with Gasteiger partial charge in [-0.3, -0.25) is 4.79 Å². The van der Waals surface area contributed by atoms with E-state index in [0.29, 0.717) is 25.3 Å². The summed E-state index contributed by atoms with van der Waals surface area (Å²) in [6.07, 6.45) is 0.350. The Labute approximate surface area is 104 Å². The van der Waals surface area contributed by atoms with E-state index in [1.807, 2.05) is 18.2 Å². The van der Waals surface area contributed by atoms with Crippen LogP contribution in [-0.2, 0) is 11.3 Å². The lowest BCUT2D eigenvalue weighted by molar-refractivity contribution is -0.116. The van der Waals surface area contributed by atoms with Crippen molar-refractivity contribution in [3.8, 4) is 6.07 Å². The number of hydrogen-bond acceptors (Lipinski definition) is 4. The van der Waals surface area contributed by atoms with Gasteiger partial charge in [0.15, 0.2) is 0 Å². The van der Waals surface area contributed by atoms with E-state index in [4.69, 9.17) is 11.0 Å². The molecule has 0 fully saturated rings. The fourth-order valence-corrected chi connectivity index (χ4v) is 2.70. The van der Waals surface area contributed by atoms with E-state index in [1.54, 1.807) is 4.90 Å². The topological polar surface area (TPSA) is 70.1 Å². The van der Waals surface area contributed by atoms with Gasteiger partial charge < -0.3 is 10.6 Å². The number of benzene rings is 1. The molecule has 0 saturated heterocycles. The molecule has 0 aliphatic carbocycles. The van der Waals surface area contributed by atoms with Crippen LogP contribution in [0.4, 0.5) is 5.69 Å². The minimum atomic E-state index is 0.0620. The van der Waals surface area contributed by atoms with Gasteiger partial charge in [-0.25, -0.2) is 0 Å². The SMILES string of the molecule is N#CCCN1C(=O)CSc2ccc(CN)cc21. The van der Waals surface area contributed by atoms with Crippen LogP contribution in [0, 0.1) is 11.3 Å². The number of nitrogens with zero attached hydrogens (tertiary/aromatic N) is 2. The maximum absolute atomic E-state index is 11.8. The Hall–Kier alpha value is -1.51. The van der Waals surface area contributed by atoms with Crippen LogP contribution in [0.2, 0.25) is 0 Å². The van der Waals surface area contributed by atoms with Crippen molar-refractivity contribution in [3.63, 3.8) is 0 Å². The van der Waals surface area contributed by atoms with Crippen LogP contribution in [0.3, 0.4) is 0 Å². The van der Waals surface area contributed by atoms with E-state index in [0.717, 1.165) is 16.1 Å². The molecular weight excluding hydrogens is 234 g/mol. The van der Waals surface area contributed by atoms with Gasteiger partial charge in [-0.05, 0) is 17.7 Å². The fraction of sp³-hybridized carbons (Fsp3) is 0.333. The van der Waals surface area contributed by atoms with Crippen LogP contribution in [0.15, 0.2) is 23.1 Å². The molecule has 0 radical (unpaired) electrons. The Morgan fingerprint density at radius 3 is 3.06 bits per heavy atom. The van der Waals surface area contributed by atoms with Crippen LogP contribution in [0.1, 0.15) is 12.0 Å². The van der Waals surface area contributed by atoms with Gasteiger partial charge in [0, 0.05) is 18.0 Å². The monoisotopic (exact) mass is 247 g/mol. The standard InChI is InChI=1S/C12H13N3OS/c13-4-1-5-15-10-6-9(7-14)2-3-11(10)17-8-12(15)16/h2-3,6H,1,5,7-8,14H2. The second-order valence-electron chi connectivity index (χ2n) is 3.75. The average molecular weight is 247 g/mol. The van der Waals surface area contributed by atoms with Crippen molar-refractivity contribution in [1.29, 1.82) is 5.26 Å². The summed E-state index contributed by atoms with van der Waals surface area (Å²) < 4.78 is 0. The van der Waals surface area contributed by atoms with Crippen molar-refractivity contribution >= 4 is 23.4 Å². The smallest absolute Gasteiger partial charge is 0.237 e. The van der Waals surface area contributed by atoms with Crippen molar-refractivity contribution < 1.29 is 4.79 Å². The molecule has 88 valence electrons. The number of carbonyl (C=O) groups is 1. The number of nitrogens with two attached hydrogens (primary N) is 1. The van der Waals surface area contributed by atoms with E-state index >= 15 is 0 Å². The van der Waals surface area contributed by atoms with Crippen molar-refractivity contribution in [2.45, 2.75) is 17.9 Å². The molecule has 1 aromatic carbocycles. The lowest BCUT2D eigenvalue weighted by Gasteiger charge is -2.28. The molecule has 17 heavy (non-hydrogen) atoms. The number of rotatable bonds is 3. The maximum Gasteiger partial charge on any atom is 0.237 e. The maximum atomic E-state index is 11.8. The van der Waals surface area contributed by atoms with Crippen LogP contribution < -0.4 is 10.6 Å². The lowest BCUT2D eigenvalue weighted by Crippen LogP contribution is -2.36. The minimum absolute atomic E-state index is 0.0620. The minimum Gasteiger partial charge on any atom is -0.326 e. The van der Waals surface area contributed by atoms with E-state index < -0.39 is 0 Å². The molecule has 1 heterocycles.